The molecule has 27 heavy (non-hydrogen) atoms. The van der Waals surface area contributed by atoms with E-state index in [-0.39, 0.29) is 5.56 Å². The SMILES string of the molecule is COc1ccc(-c2nc(N(C)Cc3ccccc3C)[nH]c(=O)c2C#N)cc1. The van der Waals surface area contributed by atoms with Crippen LogP contribution >= 0.6 is 0 Å². The number of rotatable bonds is 5. The van der Waals surface area contributed by atoms with Gasteiger partial charge in [-0.15, -0.1) is 0 Å². The summed E-state index contributed by atoms with van der Waals surface area (Å²) < 4.78 is 5.16. The Bertz CT molecular complexity index is 1050. The average Bonchev–Trinajstić information content (AvgIpc) is 2.69. The van der Waals surface area contributed by atoms with Crippen LogP contribution in [-0.2, 0) is 6.54 Å². The summed E-state index contributed by atoms with van der Waals surface area (Å²) in [4.78, 5) is 21.6. The summed E-state index contributed by atoms with van der Waals surface area (Å²) in [5, 5.41) is 9.41. The number of benzene rings is 2. The van der Waals surface area contributed by atoms with E-state index in [9.17, 15) is 10.1 Å². The molecule has 0 fully saturated rings. The van der Waals surface area contributed by atoms with E-state index in [2.05, 4.69) is 9.97 Å². The van der Waals surface area contributed by atoms with Crippen molar-refractivity contribution in [2.24, 2.45) is 0 Å². The first kappa shape index (κ1) is 18.2. The highest BCUT2D eigenvalue weighted by Gasteiger charge is 2.16. The number of nitrogens with one attached hydrogen (secondary N) is 1. The van der Waals surface area contributed by atoms with Crippen molar-refractivity contribution in [1.29, 1.82) is 5.26 Å². The number of ether oxygens (including phenoxy) is 1. The summed E-state index contributed by atoms with van der Waals surface area (Å²) in [6, 6.07) is 17.1. The van der Waals surface area contributed by atoms with Gasteiger partial charge in [0.15, 0.2) is 0 Å². The molecule has 0 saturated heterocycles. The largest absolute Gasteiger partial charge is 0.497 e. The number of H-pyrrole nitrogens is 1. The maximum atomic E-state index is 12.4. The lowest BCUT2D eigenvalue weighted by Gasteiger charge is -2.20. The first-order chi connectivity index (χ1) is 13.0. The molecular formula is C21H20N4O2. The fraction of sp³-hybridized carbons (Fsp3) is 0.190. The third kappa shape index (κ3) is 3.82. The smallest absolute Gasteiger partial charge is 0.270 e. The maximum absolute atomic E-state index is 12.4. The van der Waals surface area contributed by atoms with Crippen LogP contribution in [0.15, 0.2) is 53.3 Å². The molecule has 136 valence electrons. The quantitative estimate of drug-likeness (QED) is 0.755. The molecule has 1 heterocycles. The lowest BCUT2D eigenvalue weighted by molar-refractivity contribution is 0.415. The minimum absolute atomic E-state index is 0.00629. The third-order valence-corrected chi connectivity index (χ3v) is 4.41. The summed E-state index contributed by atoms with van der Waals surface area (Å²) >= 11 is 0. The fourth-order valence-electron chi connectivity index (χ4n) is 2.82. The number of nitrogens with zero attached hydrogens (tertiary/aromatic N) is 3. The summed E-state index contributed by atoms with van der Waals surface area (Å²) in [6.45, 7) is 2.63. The number of aromatic amines is 1. The first-order valence-corrected chi connectivity index (χ1v) is 8.48. The molecule has 0 spiro atoms. The van der Waals surface area contributed by atoms with Crippen LogP contribution in [0.1, 0.15) is 16.7 Å². The van der Waals surface area contributed by atoms with Crippen molar-refractivity contribution in [3.05, 3.63) is 75.6 Å². The van der Waals surface area contributed by atoms with E-state index >= 15 is 0 Å². The van der Waals surface area contributed by atoms with Gasteiger partial charge in [0, 0.05) is 19.2 Å². The highest BCUT2D eigenvalue weighted by atomic mass is 16.5. The second-order valence-corrected chi connectivity index (χ2v) is 6.24. The van der Waals surface area contributed by atoms with E-state index in [0.29, 0.717) is 29.5 Å². The van der Waals surface area contributed by atoms with Crippen LogP contribution in [0.4, 0.5) is 5.95 Å². The molecule has 3 rings (SSSR count). The molecule has 1 N–H and O–H groups in total. The van der Waals surface area contributed by atoms with Gasteiger partial charge in [-0.3, -0.25) is 9.78 Å². The number of hydrogen-bond acceptors (Lipinski definition) is 5. The Hall–Kier alpha value is -3.59. The van der Waals surface area contributed by atoms with Crippen molar-refractivity contribution in [2.45, 2.75) is 13.5 Å². The second-order valence-electron chi connectivity index (χ2n) is 6.24. The minimum atomic E-state index is -0.454. The molecule has 2 aromatic carbocycles. The number of nitriles is 1. The van der Waals surface area contributed by atoms with E-state index < -0.39 is 5.56 Å². The monoisotopic (exact) mass is 360 g/mol. The Balaban J connectivity index is 2.02. The van der Waals surface area contributed by atoms with Gasteiger partial charge in [-0.25, -0.2) is 4.98 Å². The molecule has 6 nitrogen and oxygen atoms in total. The third-order valence-electron chi connectivity index (χ3n) is 4.41. The Labute approximate surface area is 157 Å². The highest BCUT2D eigenvalue weighted by Crippen LogP contribution is 2.24. The number of anilines is 1. The summed E-state index contributed by atoms with van der Waals surface area (Å²) in [5.74, 6) is 1.10. The molecule has 0 aliphatic rings. The van der Waals surface area contributed by atoms with Crippen LogP contribution in [0, 0.1) is 18.3 Å². The first-order valence-electron chi connectivity index (χ1n) is 8.48. The number of aromatic nitrogens is 2. The minimum Gasteiger partial charge on any atom is -0.497 e. The lowest BCUT2D eigenvalue weighted by atomic mass is 10.1. The second kappa shape index (κ2) is 7.75. The topological polar surface area (TPSA) is 82.0 Å². The lowest BCUT2D eigenvalue weighted by Crippen LogP contribution is -2.25. The van der Waals surface area contributed by atoms with E-state index in [4.69, 9.17) is 4.74 Å². The Morgan fingerprint density at radius 2 is 1.89 bits per heavy atom. The van der Waals surface area contributed by atoms with Gasteiger partial charge in [0.2, 0.25) is 5.95 Å². The van der Waals surface area contributed by atoms with Crippen LogP contribution in [-0.4, -0.2) is 24.1 Å². The van der Waals surface area contributed by atoms with Gasteiger partial charge in [-0.2, -0.15) is 5.26 Å². The molecule has 0 aliphatic carbocycles. The maximum Gasteiger partial charge on any atom is 0.270 e. The predicted molar refractivity (Wildman–Crippen MR) is 105 cm³/mol. The molecule has 0 atom stereocenters. The Morgan fingerprint density at radius 1 is 1.19 bits per heavy atom. The summed E-state index contributed by atoms with van der Waals surface area (Å²) in [6.07, 6.45) is 0. The molecule has 0 aliphatic heterocycles. The van der Waals surface area contributed by atoms with E-state index in [0.717, 1.165) is 11.1 Å². The highest BCUT2D eigenvalue weighted by molar-refractivity contribution is 5.67. The molecular weight excluding hydrogens is 340 g/mol. The van der Waals surface area contributed by atoms with Crippen molar-refractivity contribution in [3.63, 3.8) is 0 Å². The van der Waals surface area contributed by atoms with Gasteiger partial charge in [0.05, 0.1) is 12.8 Å². The van der Waals surface area contributed by atoms with Crippen molar-refractivity contribution >= 4 is 5.95 Å². The van der Waals surface area contributed by atoms with Crippen LogP contribution < -0.4 is 15.2 Å². The van der Waals surface area contributed by atoms with Gasteiger partial charge in [-0.1, -0.05) is 24.3 Å². The van der Waals surface area contributed by atoms with Crippen LogP contribution in [0.2, 0.25) is 0 Å². The van der Waals surface area contributed by atoms with Gasteiger partial charge in [-0.05, 0) is 42.3 Å². The normalized spacial score (nSPS) is 10.3. The van der Waals surface area contributed by atoms with Crippen LogP contribution in [0.3, 0.4) is 0 Å². The van der Waals surface area contributed by atoms with Crippen molar-refractivity contribution in [2.75, 3.05) is 19.1 Å². The molecule has 6 heteroatoms. The zero-order chi connectivity index (χ0) is 19.4. The molecule has 0 radical (unpaired) electrons. The van der Waals surface area contributed by atoms with E-state index in [1.165, 1.54) is 0 Å². The molecule has 1 aromatic heterocycles. The number of aryl methyl sites for hydroxylation is 1. The molecule has 0 bridgehead atoms. The molecule has 0 saturated carbocycles. The van der Waals surface area contributed by atoms with Crippen molar-refractivity contribution in [3.8, 4) is 23.1 Å². The Kier molecular flexibility index (Phi) is 5.23. The fourth-order valence-corrected chi connectivity index (χ4v) is 2.82. The van der Waals surface area contributed by atoms with E-state index in [1.807, 2.05) is 49.2 Å². The van der Waals surface area contributed by atoms with Gasteiger partial charge in [0.1, 0.15) is 17.4 Å². The predicted octanol–water partition coefficient (Wildman–Crippen LogP) is 3.26. The van der Waals surface area contributed by atoms with Crippen LogP contribution in [0.5, 0.6) is 5.75 Å². The number of hydrogen-bond donors (Lipinski definition) is 1. The van der Waals surface area contributed by atoms with Gasteiger partial charge < -0.3 is 9.64 Å². The van der Waals surface area contributed by atoms with Gasteiger partial charge >= 0.3 is 0 Å². The van der Waals surface area contributed by atoms with Gasteiger partial charge in [0.25, 0.3) is 5.56 Å². The van der Waals surface area contributed by atoms with Crippen molar-refractivity contribution in [1.82, 2.24) is 9.97 Å². The standard InChI is InChI=1S/C21H20N4O2/c1-14-6-4-5-7-16(14)13-25(2)21-23-19(18(12-22)20(26)24-21)15-8-10-17(27-3)11-9-15/h4-11H,13H2,1-3H3,(H,23,24,26). The zero-order valence-corrected chi connectivity index (χ0v) is 15.5. The Morgan fingerprint density at radius 3 is 2.52 bits per heavy atom. The number of methoxy groups -OCH3 is 1. The summed E-state index contributed by atoms with van der Waals surface area (Å²) in [5.41, 5.74) is 2.88. The molecule has 0 unspecified atom stereocenters. The molecule has 3 aromatic rings. The molecule has 0 amide bonds. The average molecular weight is 360 g/mol. The zero-order valence-electron chi connectivity index (χ0n) is 15.5. The summed E-state index contributed by atoms with van der Waals surface area (Å²) in [7, 11) is 3.44. The van der Waals surface area contributed by atoms with Crippen LogP contribution in [0.25, 0.3) is 11.3 Å². The van der Waals surface area contributed by atoms with Crippen molar-refractivity contribution < 1.29 is 4.74 Å². The van der Waals surface area contributed by atoms with E-state index in [1.54, 1.807) is 31.4 Å².